The van der Waals surface area contributed by atoms with Crippen molar-refractivity contribution in [1.29, 1.82) is 0 Å². The smallest absolute Gasteiger partial charge is 0.248 e. The van der Waals surface area contributed by atoms with Gasteiger partial charge in [0.1, 0.15) is 16.2 Å². The molecular formula is C20H18FN3O5S. The minimum absolute atomic E-state index is 0.144. The average molecular weight is 431 g/mol. The second kappa shape index (κ2) is 8.34. The highest BCUT2D eigenvalue weighted by Crippen LogP contribution is 2.24. The largest absolute Gasteiger partial charge is 0.437 e. The number of carbonyl (C=O) groups is 1. The number of anilines is 1. The lowest BCUT2D eigenvalue weighted by Crippen LogP contribution is -2.40. The molecule has 156 valence electrons. The van der Waals surface area contributed by atoms with Crippen LogP contribution in [0.3, 0.4) is 0 Å². The summed E-state index contributed by atoms with van der Waals surface area (Å²) in [6.45, 7) is 0.785. The van der Waals surface area contributed by atoms with Gasteiger partial charge in [-0.2, -0.15) is 4.31 Å². The fraction of sp³-hybridized carbons (Fsp3) is 0.200. The monoisotopic (exact) mass is 431 g/mol. The Morgan fingerprint density at radius 3 is 2.70 bits per heavy atom. The molecule has 3 aromatic rings. The van der Waals surface area contributed by atoms with E-state index in [2.05, 4.69) is 10.3 Å². The van der Waals surface area contributed by atoms with Gasteiger partial charge >= 0.3 is 0 Å². The van der Waals surface area contributed by atoms with Crippen molar-refractivity contribution in [3.63, 3.8) is 0 Å². The van der Waals surface area contributed by atoms with Crippen molar-refractivity contribution in [2.75, 3.05) is 31.6 Å². The molecule has 0 unspecified atom stereocenters. The number of morpholine rings is 1. The summed E-state index contributed by atoms with van der Waals surface area (Å²) in [5, 5.41) is 2.52. The van der Waals surface area contributed by atoms with Crippen LogP contribution in [0, 0.1) is 5.82 Å². The minimum Gasteiger partial charge on any atom is -0.437 e. The molecule has 1 fully saturated rings. The first-order chi connectivity index (χ1) is 14.4. The maximum Gasteiger partial charge on any atom is 0.248 e. The molecule has 1 amide bonds. The Morgan fingerprint density at radius 1 is 1.17 bits per heavy atom. The number of rotatable bonds is 5. The van der Waals surface area contributed by atoms with Gasteiger partial charge in [-0.15, -0.1) is 0 Å². The fourth-order valence-electron chi connectivity index (χ4n) is 3.00. The highest BCUT2D eigenvalue weighted by atomic mass is 32.2. The van der Waals surface area contributed by atoms with Crippen molar-refractivity contribution in [3.05, 3.63) is 60.2 Å². The van der Waals surface area contributed by atoms with Crippen LogP contribution in [0.15, 0.2) is 57.9 Å². The summed E-state index contributed by atoms with van der Waals surface area (Å²) < 4.78 is 51.5. The van der Waals surface area contributed by atoms with E-state index < -0.39 is 26.6 Å². The number of hydrogen-bond donors (Lipinski definition) is 1. The standard InChI is InChI=1S/C20H18FN3O5S/c21-15-6-5-14(13-18(15)30(26,27)24-9-11-28-12-10-24)22-19(25)7-8-20-23-16-3-1-2-4-17(16)29-20/h1-8,13H,9-12H2,(H,22,25)/b8-7+. The first kappa shape index (κ1) is 20.2. The molecule has 0 aliphatic carbocycles. The van der Waals surface area contributed by atoms with E-state index in [4.69, 9.17) is 9.15 Å². The van der Waals surface area contributed by atoms with Crippen molar-refractivity contribution in [1.82, 2.24) is 9.29 Å². The third-order valence-electron chi connectivity index (χ3n) is 4.47. The Morgan fingerprint density at radius 2 is 1.93 bits per heavy atom. The Kier molecular flexibility index (Phi) is 5.62. The van der Waals surface area contributed by atoms with E-state index in [1.54, 1.807) is 12.1 Å². The van der Waals surface area contributed by atoms with E-state index in [-0.39, 0.29) is 37.9 Å². The van der Waals surface area contributed by atoms with Crippen LogP contribution in [-0.2, 0) is 19.6 Å². The predicted molar refractivity (Wildman–Crippen MR) is 108 cm³/mol. The van der Waals surface area contributed by atoms with E-state index in [0.717, 1.165) is 16.4 Å². The minimum atomic E-state index is -4.04. The number of ether oxygens (including phenoxy) is 1. The van der Waals surface area contributed by atoms with Crippen LogP contribution < -0.4 is 5.32 Å². The molecule has 8 nitrogen and oxygen atoms in total. The molecule has 1 saturated heterocycles. The maximum absolute atomic E-state index is 14.2. The van der Waals surface area contributed by atoms with Gasteiger partial charge in [-0.05, 0) is 30.3 Å². The molecule has 1 N–H and O–H groups in total. The van der Waals surface area contributed by atoms with Crippen LogP contribution in [0.5, 0.6) is 0 Å². The SMILES string of the molecule is O=C(/C=C/c1nc2ccccc2o1)Nc1ccc(F)c(S(=O)(=O)N2CCOCC2)c1. The van der Waals surface area contributed by atoms with Crippen molar-refractivity contribution >= 4 is 38.8 Å². The van der Waals surface area contributed by atoms with Gasteiger partial charge in [0.15, 0.2) is 5.58 Å². The molecule has 0 atom stereocenters. The van der Waals surface area contributed by atoms with Crippen molar-refractivity contribution in [2.45, 2.75) is 4.90 Å². The summed E-state index contributed by atoms with van der Waals surface area (Å²) in [7, 11) is -4.04. The van der Waals surface area contributed by atoms with Gasteiger partial charge in [-0.3, -0.25) is 4.79 Å². The van der Waals surface area contributed by atoms with E-state index >= 15 is 0 Å². The van der Waals surface area contributed by atoms with Crippen LogP contribution in [0.25, 0.3) is 17.2 Å². The lowest BCUT2D eigenvalue weighted by atomic mass is 10.3. The molecule has 1 aliphatic rings. The number of carbonyl (C=O) groups excluding carboxylic acids is 1. The van der Waals surface area contributed by atoms with Gasteiger partial charge < -0.3 is 14.5 Å². The lowest BCUT2D eigenvalue weighted by Gasteiger charge is -2.26. The summed E-state index contributed by atoms with van der Waals surface area (Å²) in [6.07, 6.45) is 2.59. The zero-order valence-corrected chi connectivity index (χ0v) is 16.6. The highest BCUT2D eigenvalue weighted by Gasteiger charge is 2.29. The topological polar surface area (TPSA) is 102 Å². The molecule has 1 aromatic heterocycles. The highest BCUT2D eigenvalue weighted by molar-refractivity contribution is 7.89. The molecule has 30 heavy (non-hydrogen) atoms. The molecule has 10 heteroatoms. The Hall–Kier alpha value is -3.08. The molecule has 0 bridgehead atoms. The van der Waals surface area contributed by atoms with Crippen LogP contribution in [0.1, 0.15) is 5.89 Å². The summed E-state index contributed by atoms with van der Waals surface area (Å²) in [5.41, 5.74) is 1.40. The summed E-state index contributed by atoms with van der Waals surface area (Å²) in [4.78, 5) is 15.9. The van der Waals surface area contributed by atoms with Crippen LogP contribution in [0.2, 0.25) is 0 Å². The summed E-state index contributed by atoms with van der Waals surface area (Å²) >= 11 is 0. The Labute approximate surface area is 172 Å². The first-order valence-electron chi connectivity index (χ1n) is 9.15. The quantitative estimate of drug-likeness (QED) is 0.623. The second-order valence-electron chi connectivity index (χ2n) is 6.50. The number of nitrogens with zero attached hydrogens (tertiary/aromatic N) is 2. The zero-order chi connectivity index (χ0) is 21.1. The maximum atomic E-state index is 14.2. The summed E-state index contributed by atoms with van der Waals surface area (Å²) in [5.74, 6) is -1.18. The number of amides is 1. The molecular weight excluding hydrogens is 413 g/mol. The van der Waals surface area contributed by atoms with E-state index in [0.29, 0.717) is 11.1 Å². The second-order valence-corrected chi connectivity index (χ2v) is 8.41. The number of hydrogen-bond acceptors (Lipinski definition) is 6. The summed E-state index contributed by atoms with van der Waals surface area (Å²) in [6, 6.07) is 10.6. The number of nitrogens with one attached hydrogen (secondary N) is 1. The molecule has 2 heterocycles. The van der Waals surface area contributed by atoms with E-state index in [1.807, 2.05) is 12.1 Å². The van der Waals surface area contributed by atoms with Crippen LogP contribution in [-0.4, -0.2) is 49.9 Å². The first-order valence-corrected chi connectivity index (χ1v) is 10.6. The van der Waals surface area contributed by atoms with Crippen LogP contribution in [0.4, 0.5) is 10.1 Å². The zero-order valence-electron chi connectivity index (χ0n) is 15.7. The number of oxazole rings is 1. The third-order valence-corrected chi connectivity index (χ3v) is 6.39. The van der Waals surface area contributed by atoms with E-state index in [9.17, 15) is 17.6 Å². The molecule has 2 aromatic carbocycles. The van der Waals surface area contributed by atoms with Gasteiger partial charge in [0.25, 0.3) is 0 Å². The van der Waals surface area contributed by atoms with Crippen LogP contribution >= 0.6 is 0 Å². The predicted octanol–water partition coefficient (Wildman–Crippen LogP) is 2.64. The number of sulfonamides is 1. The normalized spacial score (nSPS) is 15.6. The Balaban J connectivity index is 1.50. The molecule has 0 spiro atoms. The van der Waals surface area contributed by atoms with Gasteiger partial charge in [0, 0.05) is 30.9 Å². The number of benzene rings is 2. The fourth-order valence-corrected chi connectivity index (χ4v) is 4.50. The van der Waals surface area contributed by atoms with Crippen molar-refractivity contribution < 1.29 is 26.8 Å². The van der Waals surface area contributed by atoms with Crippen molar-refractivity contribution in [2.24, 2.45) is 0 Å². The molecule has 1 aliphatic heterocycles. The molecule has 0 saturated carbocycles. The molecule has 4 rings (SSSR count). The third kappa shape index (κ3) is 4.25. The van der Waals surface area contributed by atoms with E-state index in [1.165, 1.54) is 18.2 Å². The number of halogens is 1. The number of para-hydroxylation sites is 2. The van der Waals surface area contributed by atoms with Gasteiger partial charge in [-0.1, -0.05) is 12.1 Å². The average Bonchev–Trinajstić information content (AvgIpc) is 3.17. The Bertz CT molecular complexity index is 1180. The van der Waals surface area contributed by atoms with Gasteiger partial charge in [-0.25, -0.2) is 17.8 Å². The van der Waals surface area contributed by atoms with Crippen molar-refractivity contribution in [3.8, 4) is 0 Å². The van der Waals surface area contributed by atoms with Gasteiger partial charge in [0.2, 0.25) is 21.8 Å². The number of fused-ring (bicyclic) bond motifs is 1. The number of aromatic nitrogens is 1. The molecule has 0 radical (unpaired) electrons. The lowest BCUT2D eigenvalue weighted by molar-refractivity contribution is -0.111. The van der Waals surface area contributed by atoms with Gasteiger partial charge in [0.05, 0.1) is 13.2 Å².